The summed E-state index contributed by atoms with van der Waals surface area (Å²) in [4.78, 5) is 13.0. The Kier molecular flexibility index (Phi) is 9.53. The smallest absolute Gasteiger partial charge is 0.269 e. The molecule has 1 aromatic rings. The van der Waals surface area contributed by atoms with Crippen molar-refractivity contribution in [1.29, 1.82) is 0 Å². The van der Waals surface area contributed by atoms with Gasteiger partial charge in [-0.05, 0) is 12.0 Å². The van der Waals surface area contributed by atoms with Crippen LogP contribution in [0.2, 0.25) is 0 Å². The molecule has 0 bridgehead atoms. The van der Waals surface area contributed by atoms with Gasteiger partial charge in [-0.15, -0.1) is 24.8 Å². The van der Waals surface area contributed by atoms with Crippen LogP contribution in [0.15, 0.2) is 24.3 Å². The van der Waals surface area contributed by atoms with Gasteiger partial charge in [0.25, 0.3) is 5.69 Å². The number of nitrogens with zero attached hydrogens (tertiary/aromatic N) is 2. The fourth-order valence-electron chi connectivity index (χ4n) is 2.67. The molecule has 0 aliphatic carbocycles. The molecule has 7 heteroatoms. The summed E-state index contributed by atoms with van der Waals surface area (Å²) in [5.41, 5.74) is 1.26. The molecule has 0 spiro atoms. The van der Waals surface area contributed by atoms with Crippen LogP contribution in [0.4, 0.5) is 5.69 Å². The van der Waals surface area contributed by atoms with Crippen LogP contribution in [0.1, 0.15) is 31.4 Å². The Hall–Kier alpha value is -0.880. The van der Waals surface area contributed by atoms with Crippen LogP contribution in [0, 0.1) is 10.1 Å². The standard InChI is InChI=1S/C14H21N3O2.2ClH/c1-2-4-14(16-9-7-15-8-10-16)12-5-3-6-13(11-12)17(18)19;;/h3,5-6,11,14-15H,2,4,7-10H2,1H3;2*1H/t14-;;/m1../s1. The van der Waals surface area contributed by atoms with Crippen LogP contribution in [-0.4, -0.2) is 36.0 Å². The van der Waals surface area contributed by atoms with Gasteiger partial charge in [-0.25, -0.2) is 0 Å². The second kappa shape index (κ2) is 9.95. The molecule has 21 heavy (non-hydrogen) atoms. The third-order valence-corrected chi connectivity index (χ3v) is 3.62. The molecule has 120 valence electrons. The van der Waals surface area contributed by atoms with Gasteiger partial charge >= 0.3 is 0 Å². The fraction of sp³-hybridized carbons (Fsp3) is 0.571. The van der Waals surface area contributed by atoms with Crippen LogP contribution >= 0.6 is 24.8 Å². The Morgan fingerprint density at radius 1 is 1.33 bits per heavy atom. The Morgan fingerprint density at radius 3 is 2.57 bits per heavy atom. The number of nitro benzene ring substituents is 1. The van der Waals surface area contributed by atoms with E-state index in [4.69, 9.17) is 0 Å². The monoisotopic (exact) mass is 335 g/mol. The van der Waals surface area contributed by atoms with E-state index in [1.807, 2.05) is 6.07 Å². The summed E-state index contributed by atoms with van der Waals surface area (Å²) in [5.74, 6) is 0. The normalized spacial score (nSPS) is 16.4. The number of nitrogens with one attached hydrogen (secondary N) is 1. The molecule has 1 heterocycles. The van der Waals surface area contributed by atoms with Crippen molar-refractivity contribution >= 4 is 30.5 Å². The maximum absolute atomic E-state index is 10.9. The van der Waals surface area contributed by atoms with E-state index in [0.717, 1.165) is 44.6 Å². The van der Waals surface area contributed by atoms with Crippen LogP contribution in [0.25, 0.3) is 0 Å². The largest absolute Gasteiger partial charge is 0.314 e. The van der Waals surface area contributed by atoms with Gasteiger partial charge in [-0.2, -0.15) is 0 Å². The minimum Gasteiger partial charge on any atom is -0.314 e. The Morgan fingerprint density at radius 2 is 2.00 bits per heavy atom. The summed E-state index contributed by atoms with van der Waals surface area (Å²) in [6.07, 6.45) is 2.12. The van der Waals surface area contributed by atoms with Crippen molar-refractivity contribution in [3.8, 4) is 0 Å². The third kappa shape index (κ3) is 5.43. The van der Waals surface area contributed by atoms with Gasteiger partial charge in [0.2, 0.25) is 0 Å². The van der Waals surface area contributed by atoms with Gasteiger partial charge in [-0.3, -0.25) is 15.0 Å². The maximum atomic E-state index is 10.9. The zero-order valence-electron chi connectivity index (χ0n) is 12.2. The molecule has 1 atom stereocenters. The zero-order chi connectivity index (χ0) is 13.7. The predicted octanol–water partition coefficient (Wildman–Crippen LogP) is 3.18. The van der Waals surface area contributed by atoms with E-state index < -0.39 is 0 Å². The number of halogens is 2. The SMILES string of the molecule is CCC[C@H](c1cccc([N+](=O)[O-])c1)N1CCNCC1.Cl.Cl. The predicted molar refractivity (Wildman–Crippen MR) is 89.7 cm³/mol. The quantitative estimate of drug-likeness (QED) is 0.663. The van der Waals surface area contributed by atoms with Crippen LogP contribution in [0.3, 0.4) is 0 Å². The number of non-ortho nitro benzene ring substituents is 1. The Labute approximate surface area is 138 Å². The zero-order valence-corrected chi connectivity index (χ0v) is 13.8. The molecule has 0 aromatic heterocycles. The average Bonchev–Trinajstić information content (AvgIpc) is 2.46. The molecule has 1 saturated heterocycles. The molecule has 1 aromatic carbocycles. The number of rotatable bonds is 5. The van der Waals surface area contributed by atoms with E-state index in [1.54, 1.807) is 18.2 Å². The summed E-state index contributed by atoms with van der Waals surface area (Å²) in [5, 5.41) is 14.2. The van der Waals surface area contributed by atoms with E-state index in [-0.39, 0.29) is 35.4 Å². The van der Waals surface area contributed by atoms with E-state index >= 15 is 0 Å². The molecule has 1 aliphatic heterocycles. The lowest BCUT2D eigenvalue weighted by Gasteiger charge is -2.35. The highest BCUT2D eigenvalue weighted by atomic mass is 35.5. The van der Waals surface area contributed by atoms with Crippen LogP contribution < -0.4 is 5.32 Å². The molecule has 0 unspecified atom stereocenters. The van der Waals surface area contributed by atoms with Crippen molar-refractivity contribution in [2.45, 2.75) is 25.8 Å². The van der Waals surface area contributed by atoms with E-state index in [9.17, 15) is 10.1 Å². The number of piperazine rings is 1. The first kappa shape index (κ1) is 20.1. The molecule has 0 saturated carbocycles. The molecule has 2 rings (SSSR count). The van der Waals surface area contributed by atoms with Crippen molar-refractivity contribution < 1.29 is 4.92 Å². The fourth-order valence-corrected chi connectivity index (χ4v) is 2.67. The topological polar surface area (TPSA) is 58.4 Å². The lowest BCUT2D eigenvalue weighted by atomic mass is 9.99. The molecule has 5 nitrogen and oxygen atoms in total. The maximum Gasteiger partial charge on any atom is 0.269 e. The minimum absolute atomic E-state index is 0. The Bertz CT molecular complexity index is 440. The highest BCUT2D eigenvalue weighted by molar-refractivity contribution is 5.85. The van der Waals surface area contributed by atoms with Crippen LogP contribution in [0.5, 0.6) is 0 Å². The average molecular weight is 336 g/mol. The van der Waals surface area contributed by atoms with E-state index in [2.05, 4.69) is 17.1 Å². The number of nitro groups is 1. The van der Waals surface area contributed by atoms with Gasteiger partial charge in [0, 0.05) is 44.4 Å². The summed E-state index contributed by atoms with van der Waals surface area (Å²) < 4.78 is 0. The summed E-state index contributed by atoms with van der Waals surface area (Å²) >= 11 is 0. The summed E-state index contributed by atoms with van der Waals surface area (Å²) in [7, 11) is 0. The molecule has 0 radical (unpaired) electrons. The van der Waals surface area contributed by atoms with Gasteiger partial charge in [0.1, 0.15) is 0 Å². The summed E-state index contributed by atoms with van der Waals surface area (Å²) in [6, 6.07) is 7.38. The number of hydrogen-bond acceptors (Lipinski definition) is 4. The van der Waals surface area contributed by atoms with Gasteiger partial charge < -0.3 is 5.32 Å². The van der Waals surface area contributed by atoms with Crippen molar-refractivity contribution in [2.24, 2.45) is 0 Å². The highest BCUT2D eigenvalue weighted by Gasteiger charge is 2.22. The first-order valence-electron chi connectivity index (χ1n) is 6.91. The van der Waals surface area contributed by atoms with Crippen molar-refractivity contribution in [2.75, 3.05) is 26.2 Å². The molecular weight excluding hydrogens is 313 g/mol. The van der Waals surface area contributed by atoms with E-state index in [1.165, 1.54) is 0 Å². The van der Waals surface area contributed by atoms with Crippen molar-refractivity contribution in [3.63, 3.8) is 0 Å². The minimum atomic E-state index is -0.315. The second-order valence-corrected chi connectivity index (χ2v) is 4.94. The highest BCUT2D eigenvalue weighted by Crippen LogP contribution is 2.28. The lowest BCUT2D eigenvalue weighted by Crippen LogP contribution is -2.45. The molecule has 1 N–H and O–H groups in total. The molecular formula is C14H23Cl2N3O2. The number of hydrogen-bond donors (Lipinski definition) is 1. The van der Waals surface area contributed by atoms with Crippen LogP contribution in [-0.2, 0) is 0 Å². The molecule has 1 aliphatic rings. The number of benzene rings is 1. The lowest BCUT2D eigenvalue weighted by molar-refractivity contribution is -0.385. The van der Waals surface area contributed by atoms with E-state index in [0.29, 0.717) is 6.04 Å². The third-order valence-electron chi connectivity index (χ3n) is 3.62. The second-order valence-electron chi connectivity index (χ2n) is 4.94. The van der Waals surface area contributed by atoms with Crippen molar-refractivity contribution in [3.05, 3.63) is 39.9 Å². The first-order chi connectivity index (χ1) is 9.22. The Balaban J connectivity index is 0.00000200. The molecule has 1 fully saturated rings. The van der Waals surface area contributed by atoms with Gasteiger partial charge in [0.15, 0.2) is 0 Å². The summed E-state index contributed by atoms with van der Waals surface area (Å²) in [6.45, 7) is 6.16. The first-order valence-corrected chi connectivity index (χ1v) is 6.91. The molecule has 0 amide bonds. The van der Waals surface area contributed by atoms with Gasteiger partial charge in [0.05, 0.1) is 4.92 Å². The van der Waals surface area contributed by atoms with Gasteiger partial charge in [-0.1, -0.05) is 25.5 Å². The van der Waals surface area contributed by atoms with Crippen molar-refractivity contribution in [1.82, 2.24) is 10.2 Å².